The maximum absolute atomic E-state index is 12.4. The molecule has 1 aromatic carbocycles. The Morgan fingerprint density at radius 1 is 1.08 bits per heavy atom. The van der Waals surface area contributed by atoms with Crippen LogP contribution in [0.25, 0.3) is 0 Å². The molecule has 2 heterocycles. The van der Waals surface area contributed by atoms with Crippen molar-refractivity contribution in [1.82, 2.24) is 14.5 Å². The van der Waals surface area contributed by atoms with Gasteiger partial charge in [-0.25, -0.2) is 4.79 Å². The van der Waals surface area contributed by atoms with E-state index in [1.165, 1.54) is 4.57 Å². The Balaban J connectivity index is 1.72. The van der Waals surface area contributed by atoms with Crippen molar-refractivity contribution < 1.29 is 9.53 Å². The van der Waals surface area contributed by atoms with E-state index in [4.69, 9.17) is 4.74 Å². The van der Waals surface area contributed by atoms with Crippen LogP contribution in [0.5, 0.6) is 0 Å². The zero-order chi connectivity index (χ0) is 18.8. The number of ether oxygens (including phenoxy) is 1. The largest absolute Gasteiger partial charge is 0.369 e. The van der Waals surface area contributed by atoms with Gasteiger partial charge in [0.15, 0.2) is 6.10 Å². The Morgan fingerprint density at radius 2 is 1.81 bits per heavy atom. The number of H-pyrrole nitrogens is 1. The van der Waals surface area contributed by atoms with Crippen molar-refractivity contribution in [1.29, 1.82) is 0 Å². The molecule has 1 aliphatic heterocycles. The molecular weight excluding hydrogens is 334 g/mol. The second-order valence-corrected chi connectivity index (χ2v) is 6.61. The van der Waals surface area contributed by atoms with Gasteiger partial charge in [0.25, 0.3) is 11.5 Å². The summed E-state index contributed by atoms with van der Waals surface area (Å²) in [5.41, 5.74) is 1.88. The third kappa shape index (κ3) is 3.22. The average molecular weight is 357 g/mol. The fourth-order valence-electron chi connectivity index (χ4n) is 3.44. The zero-order valence-electron chi connectivity index (χ0n) is 15.2. The molecule has 0 aliphatic carbocycles. The first kappa shape index (κ1) is 18.1. The number of carbonyl (C=O) groups is 1. The second kappa shape index (κ2) is 7.29. The normalized spacial score (nSPS) is 19.5. The number of likely N-dealkylation sites (tertiary alicyclic amines) is 1. The van der Waals surface area contributed by atoms with E-state index in [0.717, 1.165) is 11.1 Å². The van der Waals surface area contributed by atoms with E-state index < -0.39 is 11.8 Å². The first-order chi connectivity index (χ1) is 12.4. The number of aromatic nitrogens is 2. The van der Waals surface area contributed by atoms with Crippen LogP contribution in [-0.4, -0.2) is 40.1 Å². The quantitative estimate of drug-likeness (QED) is 0.786. The predicted molar refractivity (Wildman–Crippen MR) is 97.1 cm³/mol. The van der Waals surface area contributed by atoms with Crippen LogP contribution in [0.4, 0.5) is 0 Å². The van der Waals surface area contributed by atoms with Gasteiger partial charge in [0.05, 0.1) is 6.04 Å². The monoisotopic (exact) mass is 357 g/mol. The summed E-state index contributed by atoms with van der Waals surface area (Å²) in [5.74, 6) is -0.0363. The molecule has 1 fully saturated rings. The lowest BCUT2D eigenvalue weighted by atomic mass is 9.88. The van der Waals surface area contributed by atoms with Gasteiger partial charge in [-0.2, -0.15) is 0 Å². The summed E-state index contributed by atoms with van der Waals surface area (Å²) < 4.78 is 6.85. The standard InChI is InChI=1S/C19H23N3O4/c1-12-7-4-5-8-14(12)15-16(26-3)18(24)22(15)10-6-9-21-11-13(2)17(23)20-19(21)25/h4-5,7-8,11,15-16H,6,9-10H2,1-3H3,(H,20,23,25)/t15-,16+/m0/s1. The van der Waals surface area contributed by atoms with Crippen LogP contribution in [0, 0.1) is 13.8 Å². The third-order valence-electron chi connectivity index (χ3n) is 4.90. The van der Waals surface area contributed by atoms with Crippen molar-refractivity contribution in [2.45, 2.75) is 39.0 Å². The van der Waals surface area contributed by atoms with Crippen molar-refractivity contribution in [2.75, 3.05) is 13.7 Å². The van der Waals surface area contributed by atoms with Gasteiger partial charge in [-0.1, -0.05) is 24.3 Å². The van der Waals surface area contributed by atoms with E-state index in [-0.39, 0.29) is 17.5 Å². The molecular formula is C19H23N3O4. The molecule has 1 aliphatic rings. The minimum atomic E-state index is -0.464. The third-order valence-corrected chi connectivity index (χ3v) is 4.90. The highest BCUT2D eigenvalue weighted by Gasteiger charge is 2.48. The highest BCUT2D eigenvalue weighted by Crippen LogP contribution is 2.38. The molecule has 26 heavy (non-hydrogen) atoms. The number of nitrogens with zero attached hydrogens (tertiary/aromatic N) is 2. The second-order valence-electron chi connectivity index (χ2n) is 6.61. The lowest BCUT2D eigenvalue weighted by Crippen LogP contribution is -2.59. The van der Waals surface area contributed by atoms with E-state index in [2.05, 4.69) is 4.98 Å². The molecule has 0 saturated carbocycles. The molecule has 0 bridgehead atoms. The fraction of sp³-hybridized carbons (Fsp3) is 0.421. The average Bonchev–Trinajstić information content (AvgIpc) is 2.61. The molecule has 1 amide bonds. The smallest absolute Gasteiger partial charge is 0.328 e. The number of hydrogen-bond donors (Lipinski definition) is 1. The molecule has 1 saturated heterocycles. The molecule has 1 N–H and O–H groups in total. The summed E-state index contributed by atoms with van der Waals surface area (Å²) in [6.07, 6.45) is 1.69. The van der Waals surface area contributed by atoms with E-state index in [0.29, 0.717) is 25.1 Å². The van der Waals surface area contributed by atoms with Crippen LogP contribution in [0.15, 0.2) is 40.1 Å². The van der Waals surface area contributed by atoms with Gasteiger partial charge in [0, 0.05) is 32.0 Å². The fourth-order valence-corrected chi connectivity index (χ4v) is 3.44. The summed E-state index contributed by atoms with van der Waals surface area (Å²) in [6.45, 7) is 4.62. The van der Waals surface area contributed by atoms with Crippen LogP contribution >= 0.6 is 0 Å². The summed E-state index contributed by atoms with van der Waals surface area (Å²) in [6, 6.07) is 7.85. The SMILES string of the molecule is CO[C@H]1C(=O)N(CCCn2cc(C)c(=O)[nH]c2=O)[C@H]1c1ccccc1C. The molecule has 3 rings (SSSR count). The molecule has 7 nitrogen and oxygen atoms in total. The molecule has 0 spiro atoms. The number of methoxy groups -OCH3 is 1. The van der Waals surface area contributed by atoms with Crippen molar-refractivity contribution >= 4 is 5.91 Å². The number of aromatic amines is 1. The number of rotatable bonds is 6. The van der Waals surface area contributed by atoms with Crippen LogP contribution in [0.3, 0.4) is 0 Å². The van der Waals surface area contributed by atoms with Gasteiger partial charge in [0.1, 0.15) is 0 Å². The van der Waals surface area contributed by atoms with Crippen LogP contribution in [-0.2, 0) is 16.1 Å². The molecule has 0 radical (unpaired) electrons. The van der Waals surface area contributed by atoms with Crippen LogP contribution in [0.2, 0.25) is 0 Å². The number of nitrogens with one attached hydrogen (secondary N) is 1. The first-order valence-corrected chi connectivity index (χ1v) is 8.63. The van der Waals surface area contributed by atoms with Gasteiger partial charge >= 0.3 is 5.69 Å². The van der Waals surface area contributed by atoms with Crippen molar-refractivity contribution in [3.8, 4) is 0 Å². The van der Waals surface area contributed by atoms with Crippen molar-refractivity contribution in [2.24, 2.45) is 0 Å². The maximum Gasteiger partial charge on any atom is 0.328 e. The summed E-state index contributed by atoms with van der Waals surface area (Å²) in [5, 5.41) is 0. The summed E-state index contributed by atoms with van der Waals surface area (Å²) in [4.78, 5) is 39.8. The highest BCUT2D eigenvalue weighted by molar-refractivity contribution is 5.89. The minimum absolute atomic E-state index is 0.0363. The highest BCUT2D eigenvalue weighted by atomic mass is 16.5. The van der Waals surface area contributed by atoms with Gasteiger partial charge in [-0.15, -0.1) is 0 Å². The maximum atomic E-state index is 12.4. The lowest BCUT2D eigenvalue weighted by molar-refractivity contribution is -0.171. The van der Waals surface area contributed by atoms with E-state index in [1.54, 1.807) is 25.1 Å². The number of β-lactam (4-membered cyclic amide) rings is 1. The minimum Gasteiger partial charge on any atom is -0.369 e. The van der Waals surface area contributed by atoms with Gasteiger partial charge in [-0.3, -0.25) is 14.6 Å². The van der Waals surface area contributed by atoms with Gasteiger partial charge in [0.2, 0.25) is 0 Å². The number of hydrogen-bond acceptors (Lipinski definition) is 4. The Kier molecular flexibility index (Phi) is 5.08. The first-order valence-electron chi connectivity index (χ1n) is 8.63. The molecule has 138 valence electrons. The Hall–Kier alpha value is -2.67. The number of carbonyl (C=O) groups excluding carboxylic acids is 1. The molecule has 2 atom stereocenters. The van der Waals surface area contributed by atoms with Crippen LogP contribution in [0.1, 0.15) is 29.2 Å². The van der Waals surface area contributed by atoms with Crippen LogP contribution < -0.4 is 11.2 Å². The number of aryl methyl sites for hydroxylation is 3. The molecule has 1 aromatic heterocycles. The van der Waals surface area contributed by atoms with E-state index in [9.17, 15) is 14.4 Å². The topological polar surface area (TPSA) is 84.4 Å². The zero-order valence-corrected chi connectivity index (χ0v) is 15.2. The van der Waals surface area contributed by atoms with E-state index in [1.807, 2.05) is 31.2 Å². The number of amides is 1. The van der Waals surface area contributed by atoms with Gasteiger partial charge in [-0.05, 0) is 31.4 Å². The molecule has 7 heteroatoms. The molecule has 0 unspecified atom stereocenters. The Morgan fingerprint density at radius 3 is 2.50 bits per heavy atom. The Bertz CT molecular complexity index is 931. The summed E-state index contributed by atoms with van der Waals surface area (Å²) in [7, 11) is 1.55. The lowest BCUT2D eigenvalue weighted by Gasteiger charge is -2.47. The summed E-state index contributed by atoms with van der Waals surface area (Å²) >= 11 is 0. The Labute approximate surface area is 151 Å². The number of benzene rings is 1. The molecule has 2 aromatic rings. The van der Waals surface area contributed by atoms with Crippen molar-refractivity contribution in [3.05, 3.63) is 68.0 Å². The predicted octanol–water partition coefficient (Wildman–Crippen LogP) is 1.14. The van der Waals surface area contributed by atoms with Crippen molar-refractivity contribution in [3.63, 3.8) is 0 Å². The van der Waals surface area contributed by atoms with E-state index >= 15 is 0 Å². The van der Waals surface area contributed by atoms with Gasteiger partial charge < -0.3 is 14.2 Å².